The van der Waals surface area contributed by atoms with E-state index in [0.29, 0.717) is 5.56 Å². The number of ether oxygens (including phenoxy) is 1. The van der Waals surface area contributed by atoms with Crippen molar-refractivity contribution in [3.05, 3.63) is 59.7 Å². The SMILES string of the molecule is CCCCCCCCCCCCc1ccc(C(=O)Oc2ccc(S(=O)(=O)O)cc2)cc1. The number of esters is 1. The van der Waals surface area contributed by atoms with Crippen LogP contribution >= 0.6 is 0 Å². The molecule has 6 heteroatoms. The van der Waals surface area contributed by atoms with Crippen LogP contribution in [-0.2, 0) is 16.5 Å². The van der Waals surface area contributed by atoms with E-state index in [1.165, 1.54) is 87.6 Å². The first kappa shape index (κ1) is 25.1. The van der Waals surface area contributed by atoms with E-state index in [9.17, 15) is 13.2 Å². The molecule has 0 radical (unpaired) electrons. The van der Waals surface area contributed by atoms with Crippen molar-refractivity contribution in [3.8, 4) is 5.75 Å². The summed E-state index contributed by atoms with van der Waals surface area (Å²) >= 11 is 0. The zero-order valence-electron chi connectivity index (χ0n) is 18.4. The summed E-state index contributed by atoms with van der Waals surface area (Å²) in [6, 6.07) is 12.4. The summed E-state index contributed by atoms with van der Waals surface area (Å²) in [5, 5.41) is 0. The molecule has 170 valence electrons. The molecule has 0 aliphatic rings. The van der Waals surface area contributed by atoms with Crippen LogP contribution in [0.1, 0.15) is 87.1 Å². The van der Waals surface area contributed by atoms with Gasteiger partial charge in [0.25, 0.3) is 10.1 Å². The fraction of sp³-hybridized carbons (Fsp3) is 0.480. The maximum Gasteiger partial charge on any atom is 0.343 e. The van der Waals surface area contributed by atoms with Crippen molar-refractivity contribution in [2.45, 2.75) is 82.4 Å². The Balaban J connectivity index is 1.67. The highest BCUT2D eigenvalue weighted by molar-refractivity contribution is 7.85. The van der Waals surface area contributed by atoms with Crippen molar-refractivity contribution in [2.24, 2.45) is 0 Å². The third kappa shape index (κ3) is 9.66. The van der Waals surface area contributed by atoms with Crippen molar-refractivity contribution in [1.29, 1.82) is 0 Å². The second kappa shape index (κ2) is 13.3. The van der Waals surface area contributed by atoms with Gasteiger partial charge in [0.05, 0.1) is 10.5 Å². The van der Waals surface area contributed by atoms with Gasteiger partial charge >= 0.3 is 5.97 Å². The number of hydrogen-bond acceptors (Lipinski definition) is 4. The molecule has 0 bridgehead atoms. The average molecular weight is 447 g/mol. The summed E-state index contributed by atoms with van der Waals surface area (Å²) < 4.78 is 36.3. The molecular formula is C25H34O5S. The summed E-state index contributed by atoms with van der Waals surface area (Å²) in [4.78, 5) is 12.0. The molecule has 0 fully saturated rings. The summed E-state index contributed by atoms with van der Waals surface area (Å²) in [5.74, 6) is -0.295. The number of carbonyl (C=O) groups is 1. The van der Waals surface area contributed by atoms with Crippen molar-refractivity contribution in [2.75, 3.05) is 0 Å². The van der Waals surface area contributed by atoms with Crippen LogP contribution in [0.4, 0.5) is 0 Å². The van der Waals surface area contributed by atoms with Crippen molar-refractivity contribution in [3.63, 3.8) is 0 Å². The molecule has 0 unspecified atom stereocenters. The van der Waals surface area contributed by atoms with Crippen LogP contribution in [0.2, 0.25) is 0 Å². The lowest BCUT2D eigenvalue weighted by atomic mass is 10.0. The van der Waals surface area contributed by atoms with Crippen LogP contribution in [0.25, 0.3) is 0 Å². The van der Waals surface area contributed by atoms with Crippen molar-refractivity contribution >= 4 is 16.1 Å². The third-order valence-electron chi connectivity index (χ3n) is 5.34. The van der Waals surface area contributed by atoms with Gasteiger partial charge in [-0.3, -0.25) is 4.55 Å². The monoisotopic (exact) mass is 446 g/mol. The second-order valence-corrected chi connectivity index (χ2v) is 9.39. The number of aryl methyl sites for hydroxylation is 1. The molecule has 0 spiro atoms. The Morgan fingerprint density at radius 1 is 0.774 bits per heavy atom. The number of benzene rings is 2. The molecule has 2 rings (SSSR count). The predicted octanol–water partition coefficient (Wildman–Crippen LogP) is 6.62. The quantitative estimate of drug-likeness (QED) is 0.153. The van der Waals surface area contributed by atoms with Gasteiger partial charge in [0.2, 0.25) is 0 Å². The minimum absolute atomic E-state index is 0.215. The molecule has 0 aromatic heterocycles. The second-order valence-electron chi connectivity index (χ2n) is 7.96. The minimum Gasteiger partial charge on any atom is -0.423 e. The molecule has 1 N–H and O–H groups in total. The average Bonchev–Trinajstić information content (AvgIpc) is 2.75. The van der Waals surface area contributed by atoms with E-state index in [0.717, 1.165) is 12.8 Å². The van der Waals surface area contributed by atoms with Crippen LogP contribution in [0.3, 0.4) is 0 Å². The molecule has 0 amide bonds. The van der Waals surface area contributed by atoms with E-state index in [-0.39, 0.29) is 10.6 Å². The highest BCUT2D eigenvalue weighted by Gasteiger charge is 2.12. The number of carbonyl (C=O) groups excluding carboxylic acids is 1. The van der Waals surface area contributed by atoms with Crippen LogP contribution < -0.4 is 4.74 Å². The molecule has 0 heterocycles. The Hall–Kier alpha value is -2.18. The third-order valence-corrected chi connectivity index (χ3v) is 6.21. The van der Waals surface area contributed by atoms with E-state index < -0.39 is 16.1 Å². The molecular weight excluding hydrogens is 412 g/mol. The molecule has 2 aromatic rings. The van der Waals surface area contributed by atoms with Gasteiger partial charge in [-0.2, -0.15) is 8.42 Å². The molecule has 0 aliphatic carbocycles. The van der Waals surface area contributed by atoms with Gasteiger partial charge in [-0.15, -0.1) is 0 Å². The van der Waals surface area contributed by atoms with E-state index in [4.69, 9.17) is 9.29 Å². The maximum absolute atomic E-state index is 12.3. The van der Waals surface area contributed by atoms with Gasteiger partial charge in [-0.25, -0.2) is 4.79 Å². The fourth-order valence-electron chi connectivity index (χ4n) is 3.47. The number of rotatable bonds is 14. The zero-order valence-corrected chi connectivity index (χ0v) is 19.2. The Labute approximate surface area is 186 Å². The Morgan fingerprint density at radius 2 is 1.29 bits per heavy atom. The van der Waals surface area contributed by atoms with E-state index in [2.05, 4.69) is 6.92 Å². The van der Waals surface area contributed by atoms with Crippen LogP contribution in [0.5, 0.6) is 5.75 Å². The van der Waals surface area contributed by atoms with Gasteiger partial charge in [-0.1, -0.05) is 76.8 Å². The van der Waals surface area contributed by atoms with E-state index in [1.54, 1.807) is 12.1 Å². The van der Waals surface area contributed by atoms with Gasteiger partial charge in [0.1, 0.15) is 5.75 Å². The maximum atomic E-state index is 12.3. The molecule has 0 saturated heterocycles. The summed E-state index contributed by atoms with van der Waals surface area (Å²) in [7, 11) is -4.26. The Kier molecular flexibility index (Phi) is 10.7. The van der Waals surface area contributed by atoms with Gasteiger partial charge < -0.3 is 4.74 Å². The number of unbranched alkanes of at least 4 members (excludes halogenated alkanes) is 9. The smallest absolute Gasteiger partial charge is 0.343 e. The van der Waals surface area contributed by atoms with E-state index in [1.807, 2.05) is 12.1 Å². The highest BCUT2D eigenvalue weighted by atomic mass is 32.2. The zero-order chi connectivity index (χ0) is 22.5. The summed E-state index contributed by atoms with van der Waals surface area (Å²) in [6.45, 7) is 2.25. The van der Waals surface area contributed by atoms with Gasteiger partial charge in [-0.05, 0) is 54.8 Å². The van der Waals surface area contributed by atoms with Crippen LogP contribution in [0.15, 0.2) is 53.4 Å². The van der Waals surface area contributed by atoms with Gasteiger partial charge in [0.15, 0.2) is 0 Å². The van der Waals surface area contributed by atoms with E-state index >= 15 is 0 Å². The summed E-state index contributed by atoms with van der Waals surface area (Å²) in [5.41, 5.74) is 1.64. The molecule has 0 atom stereocenters. The van der Waals surface area contributed by atoms with Crippen molar-refractivity contribution in [1.82, 2.24) is 0 Å². The number of hydrogen-bond donors (Lipinski definition) is 1. The summed E-state index contributed by atoms with van der Waals surface area (Å²) in [6.07, 6.45) is 14.1. The Bertz CT molecular complexity index is 887. The molecule has 0 saturated carbocycles. The van der Waals surface area contributed by atoms with Crippen LogP contribution in [0, 0.1) is 0 Å². The topological polar surface area (TPSA) is 80.7 Å². The first-order chi connectivity index (χ1) is 14.9. The molecule has 31 heavy (non-hydrogen) atoms. The largest absolute Gasteiger partial charge is 0.423 e. The highest BCUT2D eigenvalue weighted by Crippen LogP contribution is 2.18. The normalized spacial score (nSPS) is 11.4. The lowest BCUT2D eigenvalue weighted by Crippen LogP contribution is -2.08. The Morgan fingerprint density at radius 3 is 1.81 bits per heavy atom. The van der Waals surface area contributed by atoms with Gasteiger partial charge in [0, 0.05) is 0 Å². The first-order valence-corrected chi connectivity index (χ1v) is 12.7. The predicted molar refractivity (Wildman–Crippen MR) is 123 cm³/mol. The van der Waals surface area contributed by atoms with Crippen LogP contribution in [-0.4, -0.2) is 18.9 Å². The molecule has 5 nitrogen and oxygen atoms in total. The molecule has 2 aromatic carbocycles. The lowest BCUT2D eigenvalue weighted by Gasteiger charge is -2.06. The minimum atomic E-state index is -4.26. The fourth-order valence-corrected chi connectivity index (χ4v) is 3.95. The lowest BCUT2D eigenvalue weighted by molar-refractivity contribution is 0.0734. The first-order valence-electron chi connectivity index (χ1n) is 11.3. The molecule has 0 aliphatic heterocycles. The van der Waals surface area contributed by atoms with Crippen molar-refractivity contribution < 1.29 is 22.5 Å². The standard InChI is InChI=1S/C25H34O5S/c1-2-3-4-5-6-7-8-9-10-11-12-21-13-15-22(16-14-21)25(26)30-23-17-19-24(20-18-23)31(27,28)29/h13-20H,2-12H2,1H3,(H,27,28,29).